The normalized spacial score (nSPS) is 30.2. The van der Waals surface area contributed by atoms with E-state index in [9.17, 15) is 0 Å². The Kier molecular flexibility index (Phi) is 4.40. The van der Waals surface area contributed by atoms with Crippen molar-refractivity contribution in [3.63, 3.8) is 0 Å². The zero-order valence-electron chi connectivity index (χ0n) is 13.3. The minimum atomic E-state index is -0.0590. The molecular formula is C17H28N2O. The Morgan fingerprint density at radius 2 is 1.95 bits per heavy atom. The van der Waals surface area contributed by atoms with Gasteiger partial charge < -0.3 is 15.4 Å². The molecule has 0 aromatic heterocycles. The third-order valence-corrected chi connectivity index (χ3v) is 4.98. The number of likely N-dealkylation sites (N-methyl/N-ethyl adjacent to an activating group) is 1. The first kappa shape index (κ1) is 15.3. The van der Waals surface area contributed by atoms with E-state index in [-0.39, 0.29) is 11.1 Å². The summed E-state index contributed by atoms with van der Waals surface area (Å²) in [6.07, 6.45) is 3.00. The van der Waals surface area contributed by atoms with Crippen molar-refractivity contribution in [1.29, 1.82) is 0 Å². The van der Waals surface area contributed by atoms with Crippen LogP contribution in [0, 0.1) is 6.92 Å². The molecule has 3 heteroatoms. The van der Waals surface area contributed by atoms with Gasteiger partial charge in [-0.1, -0.05) is 24.6 Å². The largest absolute Gasteiger partial charge is 0.375 e. The maximum absolute atomic E-state index is 6.18. The van der Waals surface area contributed by atoms with Crippen molar-refractivity contribution in [2.75, 3.05) is 25.1 Å². The molecule has 0 saturated carbocycles. The molecule has 2 unspecified atom stereocenters. The van der Waals surface area contributed by atoms with Crippen molar-refractivity contribution in [3.05, 3.63) is 29.8 Å². The maximum Gasteiger partial charge on any atom is 0.0674 e. The fourth-order valence-corrected chi connectivity index (χ4v) is 3.19. The topological polar surface area (TPSA) is 38.5 Å². The summed E-state index contributed by atoms with van der Waals surface area (Å²) < 4.78 is 5.99. The van der Waals surface area contributed by atoms with E-state index < -0.39 is 0 Å². The summed E-state index contributed by atoms with van der Waals surface area (Å²) in [5.41, 5.74) is 8.65. The predicted octanol–water partition coefficient (Wildman–Crippen LogP) is 3.11. The summed E-state index contributed by atoms with van der Waals surface area (Å²) in [7, 11) is 2.17. The molecule has 1 saturated heterocycles. The van der Waals surface area contributed by atoms with Gasteiger partial charge in [-0.15, -0.1) is 0 Å². The smallest absolute Gasteiger partial charge is 0.0674 e. The molecule has 3 nitrogen and oxygen atoms in total. The molecule has 0 radical (unpaired) electrons. The molecule has 0 amide bonds. The highest BCUT2D eigenvalue weighted by Gasteiger charge is 2.44. The van der Waals surface area contributed by atoms with E-state index in [1.54, 1.807) is 0 Å². The minimum Gasteiger partial charge on any atom is -0.375 e. The lowest BCUT2D eigenvalue weighted by Crippen LogP contribution is -2.60. The van der Waals surface area contributed by atoms with Gasteiger partial charge in [0.15, 0.2) is 0 Å². The summed E-state index contributed by atoms with van der Waals surface area (Å²) in [6, 6.07) is 8.69. The molecule has 112 valence electrons. The number of rotatable bonds is 4. The molecule has 2 atom stereocenters. The number of aryl methyl sites for hydroxylation is 1. The van der Waals surface area contributed by atoms with E-state index >= 15 is 0 Å². The van der Waals surface area contributed by atoms with Crippen molar-refractivity contribution in [3.8, 4) is 0 Å². The number of ether oxygens (including phenoxy) is 1. The first-order valence-electron chi connectivity index (χ1n) is 7.59. The average Bonchev–Trinajstić information content (AvgIpc) is 2.47. The van der Waals surface area contributed by atoms with Crippen LogP contribution >= 0.6 is 0 Å². The second-order valence-electron chi connectivity index (χ2n) is 6.40. The number of hydrogen-bond donors (Lipinski definition) is 1. The Morgan fingerprint density at radius 3 is 2.50 bits per heavy atom. The highest BCUT2D eigenvalue weighted by Crippen LogP contribution is 2.39. The Morgan fingerprint density at radius 1 is 1.30 bits per heavy atom. The molecule has 1 aromatic carbocycles. The average molecular weight is 276 g/mol. The summed E-state index contributed by atoms with van der Waals surface area (Å²) in [6.45, 7) is 7.97. The van der Waals surface area contributed by atoms with E-state index in [0.717, 1.165) is 25.9 Å². The predicted molar refractivity (Wildman–Crippen MR) is 85.2 cm³/mol. The lowest BCUT2D eigenvalue weighted by atomic mass is 9.78. The fraction of sp³-hybridized carbons (Fsp3) is 0.647. The number of nitrogens with zero attached hydrogens (tertiary/aromatic N) is 1. The van der Waals surface area contributed by atoms with Crippen LogP contribution in [0.1, 0.15) is 38.7 Å². The third-order valence-electron chi connectivity index (χ3n) is 4.98. The van der Waals surface area contributed by atoms with E-state index in [2.05, 4.69) is 57.0 Å². The van der Waals surface area contributed by atoms with Crippen LogP contribution in [0.25, 0.3) is 0 Å². The van der Waals surface area contributed by atoms with Gasteiger partial charge in [0.2, 0.25) is 0 Å². The third kappa shape index (κ3) is 2.84. The van der Waals surface area contributed by atoms with Gasteiger partial charge in [0.1, 0.15) is 0 Å². The fourth-order valence-electron chi connectivity index (χ4n) is 3.19. The number of benzene rings is 1. The first-order valence-corrected chi connectivity index (χ1v) is 7.59. The quantitative estimate of drug-likeness (QED) is 0.918. The van der Waals surface area contributed by atoms with Gasteiger partial charge in [-0.3, -0.25) is 0 Å². The van der Waals surface area contributed by atoms with E-state index in [4.69, 9.17) is 10.5 Å². The Bertz CT molecular complexity index is 445. The van der Waals surface area contributed by atoms with Crippen LogP contribution in [-0.2, 0) is 4.74 Å². The summed E-state index contributed by atoms with van der Waals surface area (Å²) in [5, 5.41) is 0. The van der Waals surface area contributed by atoms with Crippen LogP contribution < -0.4 is 10.6 Å². The summed E-state index contributed by atoms with van der Waals surface area (Å²) >= 11 is 0. The second kappa shape index (κ2) is 5.74. The van der Waals surface area contributed by atoms with Crippen molar-refractivity contribution < 1.29 is 4.74 Å². The lowest BCUT2D eigenvalue weighted by Gasteiger charge is -2.51. The molecule has 1 aromatic rings. The van der Waals surface area contributed by atoms with Crippen LogP contribution in [0.4, 0.5) is 5.69 Å². The van der Waals surface area contributed by atoms with Crippen LogP contribution in [0.5, 0.6) is 0 Å². The van der Waals surface area contributed by atoms with Gasteiger partial charge in [-0.25, -0.2) is 0 Å². The zero-order chi connectivity index (χ0) is 14.8. The molecule has 1 heterocycles. The van der Waals surface area contributed by atoms with Crippen LogP contribution in [0.15, 0.2) is 24.3 Å². The molecule has 0 spiro atoms. The molecule has 0 aliphatic carbocycles. The van der Waals surface area contributed by atoms with Crippen LogP contribution in [0.2, 0.25) is 0 Å². The molecule has 1 fully saturated rings. The Balaban J connectivity index is 2.28. The maximum atomic E-state index is 6.18. The second-order valence-corrected chi connectivity index (χ2v) is 6.40. The molecule has 2 rings (SSSR count). The molecule has 1 aliphatic heterocycles. The van der Waals surface area contributed by atoms with Gasteiger partial charge >= 0.3 is 0 Å². The van der Waals surface area contributed by atoms with Gasteiger partial charge in [0.05, 0.1) is 11.1 Å². The van der Waals surface area contributed by atoms with E-state index in [1.165, 1.54) is 11.3 Å². The van der Waals surface area contributed by atoms with Gasteiger partial charge in [0, 0.05) is 32.3 Å². The Labute approximate surface area is 123 Å². The van der Waals surface area contributed by atoms with Gasteiger partial charge in [0.25, 0.3) is 0 Å². The molecule has 0 bridgehead atoms. The summed E-state index contributed by atoms with van der Waals surface area (Å²) in [4.78, 5) is 2.36. The van der Waals surface area contributed by atoms with Crippen molar-refractivity contribution in [2.45, 2.75) is 51.2 Å². The minimum absolute atomic E-state index is 0.00172. The molecule has 1 aliphatic rings. The van der Waals surface area contributed by atoms with Crippen molar-refractivity contribution in [2.24, 2.45) is 5.73 Å². The molecular weight excluding hydrogens is 248 g/mol. The highest BCUT2D eigenvalue weighted by atomic mass is 16.5. The SMILES string of the molecule is CCC1(C)CC(CN)(N(C)c2ccc(C)cc2)CCO1. The standard InChI is InChI=1S/C17H28N2O/c1-5-16(3)12-17(13-18,10-11-20-16)19(4)15-8-6-14(2)7-9-15/h6-9H,5,10-13,18H2,1-4H3. The van der Waals surface area contributed by atoms with E-state index in [0.29, 0.717) is 6.54 Å². The number of hydrogen-bond acceptors (Lipinski definition) is 3. The first-order chi connectivity index (χ1) is 9.45. The van der Waals surface area contributed by atoms with Gasteiger partial charge in [-0.2, -0.15) is 0 Å². The molecule has 20 heavy (non-hydrogen) atoms. The Hall–Kier alpha value is -1.06. The monoisotopic (exact) mass is 276 g/mol. The molecule has 2 N–H and O–H groups in total. The van der Waals surface area contributed by atoms with Gasteiger partial charge in [-0.05, 0) is 38.8 Å². The number of nitrogens with two attached hydrogens (primary N) is 1. The van der Waals surface area contributed by atoms with E-state index in [1.807, 2.05) is 0 Å². The van der Waals surface area contributed by atoms with Crippen LogP contribution in [0.3, 0.4) is 0 Å². The zero-order valence-corrected chi connectivity index (χ0v) is 13.3. The lowest BCUT2D eigenvalue weighted by molar-refractivity contribution is -0.0928. The van der Waals surface area contributed by atoms with Crippen molar-refractivity contribution in [1.82, 2.24) is 0 Å². The number of anilines is 1. The van der Waals surface area contributed by atoms with Crippen molar-refractivity contribution >= 4 is 5.69 Å². The van der Waals surface area contributed by atoms with Crippen LogP contribution in [-0.4, -0.2) is 31.3 Å². The summed E-state index contributed by atoms with van der Waals surface area (Å²) in [5.74, 6) is 0. The highest BCUT2D eigenvalue weighted by molar-refractivity contribution is 5.50.